The van der Waals surface area contributed by atoms with Crippen LogP contribution in [0.5, 0.6) is 0 Å². The number of rotatable bonds is 5. The van der Waals surface area contributed by atoms with Crippen LogP contribution >= 0.6 is 0 Å². The molecule has 4 rings (SSSR count). The topological polar surface area (TPSA) is 101 Å². The average molecular weight is 326 g/mol. The maximum atomic E-state index is 12.3. The van der Waals surface area contributed by atoms with Crippen LogP contribution in [-0.4, -0.2) is 42.8 Å². The standard InChI is InChI=1S/C16H18N6O2/c1-16(2)13(24-16)9-22-8-10(18-21-22)7-17-15(23)14-11-5-3-4-6-12(11)19-20-14/h3-6,8,13H,7,9H2,1-2H3,(H,17,23)(H,19,20). The van der Waals surface area contributed by atoms with Crippen molar-refractivity contribution in [2.45, 2.75) is 38.6 Å². The number of hydrogen-bond acceptors (Lipinski definition) is 5. The number of epoxide rings is 1. The van der Waals surface area contributed by atoms with Crippen LogP contribution in [0.2, 0.25) is 0 Å². The summed E-state index contributed by atoms with van der Waals surface area (Å²) in [6.07, 6.45) is 1.98. The number of fused-ring (bicyclic) bond motifs is 1. The average Bonchev–Trinajstić information content (AvgIpc) is 2.97. The first-order chi connectivity index (χ1) is 11.5. The number of carbonyl (C=O) groups excluding carboxylic acids is 1. The monoisotopic (exact) mass is 326 g/mol. The molecule has 1 aliphatic rings. The van der Waals surface area contributed by atoms with E-state index in [2.05, 4.69) is 25.8 Å². The van der Waals surface area contributed by atoms with Crippen LogP contribution in [0.15, 0.2) is 30.5 Å². The number of para-hydroxylation sites is 1. The highest BCUT2D eigenvalue weighted by atomic mass is 16.6. The highest BCUT2D eigenvalue weighted by Crippen LogP contribution is 2.36. The van der Waals surface area contributed by atoms with Crippen molar-refractivity contribution >= 4 is 16.8 Å². The fraction of sp³-hybridized carbons (Fsp3) is 0.375. The molecule has 1 aromatic carbocycles. The molecule has 24 heavy (non-hydrogen) atoms. The van der Waals surface area contributed by atoms with E-state index in [1.165, 1.54) is 0 Å². The first-order valence-electron chi connectivity index (χ1n) is 7.81. The third-order valence-corrected chi connectivity index (χ3v) is 4.22. The van der Waals surface area contributed by atoms with Crippen LogP contribution in [0.4, 0.5) is 0 Å². The van der Waals surface area contributed by atoms with E-state index in [1.807, 2.05) is 44.3 Å². The maximum Gasteiger partial charge on any atom is 0.272 e. The fourth-order valence-electron chi connectivity index (χ4n) is 2.66. The largest absolute Gasteiger partial charge is 0.365 e. The Hall–Kier alpha value is -2.74. The van der Waals surface area contributed by atoms with Crippen molar-refractivity contribution in [2.24, 2.45) is 0 Å². The van der Waals surface area contributed by atoms with Crippen molar-refractivity contribution in [3.63, 3.8) is 0 Å². The van der Waals surface area contributed by atoms with Crippen LogP contribution in [0, 0.1) is 0 Å². The lowest BCUT2D eigenvalue weighted by molar-refractivity contribution is 0.0947. The van der Waals surface area contributed by atoms with Crippen LogP contribution in [0.1, 0.15) is 30.0 Å². The number of nitrogens with zero attached hydrogens (tertiary/aromatic N) is 4. The second-order valence-electron chi connectivity index (χ2n) is 6.44. The Morgan fingerprint density at radius 1 is 1.42 bits per heavy atom. The van der Waals surface area contributed by atoms with Gasteiger partial charge >= 0.3 is 0 Å². The second-order valence-corrected chi connectivity index (χ2v) is 6.44. The molecule has 1 aliphatic heterocycles. The van der Waals surface area contributed by atoms with Gasteiger partial charge in [-0.1, -0.05) is 23.4 Å². The Balaban J connectivity index is 1.38. The fourth-order valence-corrected chi connectivity index (χ4v) is 2.66. The summed E-state index contributed by atoms with van der Waals surface area (Å²) >= 11 is 0. The lowest BCUT2D eigenvalue weighted by Crippen LogP contribution is -2.23. The Morgan fingerprint density at radius 3 is 3.00 bits per heavy atom. The normalized spacial score (nSPS) is 18.7. The van der Waals surface area contributed by atoms with E-state index < -0.39 is 0 Å². The number of ether oxygens (including phenoxy) is 1. The molecule has 1 saturated heterocycles. The predicted molar refractivity (Wildman–Crippen MR) is 86.2 cm³/mol. The number of hydrogen-bond donors (Lipinski definition) is 2. The molecule has 2 N–H and O–H groups in total. The van der Waals surface area contributed by atoms with Gasteiger partial charge in [-0.15, -0.1) is 5.10 Å². The summed E-state index contributed by atoms with van der Waals surface area (Å²) in [6.45, 7) is 5.06. The first-order valence-corrected chi connectivity index (χ1v) is 7.81. The molecule has 1 unspecified atom stereocenters. The van der Waals surface area contributed by atoms with Gasteiger partial charge in [0.25, 0.3) is 5.91 Å². The van der Waals surface area contributed by atoms with E-state index in [4.69, 9.17) is 4.74 Å². The van der Waals surface area contributed by atoms with Crippen LogP contribution in [-0.2, 0) is 17.8 Å². The maximum absolute atomic E-state index is 12.3. The molecule has 3 heterocycles. The summed E-state index contributed by atoms with van der Waals surface area (Å²) in [7, 11) is 0. The summed E-state index contributed by atoms with van der Waals surface area (Å²) in [5.74, 6) is -0.242. The summed E-state index contributed by atoms with van der Waals surface area (Å²) < 4.78 is 7.28. The van der Waals surface area contributed by atoms with Crippen LogP contribution < -0.4 is 5.32 Å². The number of benzene rings is 1. The van der Waals surface area contributed by atoms with Crippen molar-refractivity contribution in [1.29, 1.82) is 0 Å². The lowest BCUT2D eigenvalue weighted by Gasteiger charge is -2.00. The van der Waals surface area contributed by atoms with Gasteiger partial charge in [0.1, 0.15) is 11.8 Å². The molecule has 3 aromatic rings. The van der Waals surface area contributed by atoms with Gasteiger partial charge in [-0.05, 0) is 19.9 Å². The van der Waals surface area contributed by atoms with Gasteiger partial charge in [0.15, 0.2) is 5.69 Å². The highest BCUT2D eigenvalue weighted by Gasteiger charge is 2.47. The number of carbonyl (C=O) groups is 1. The van der Waals surface area contributed by atoms with Gasteiger partial charge in [-0.25, -0.2) is 4.68 Å². The smallest absolute Gasteiger partial charge is 0.272 e. The van der Waals surface area contributed by atoms with E-state index in [1.54, 1.807) is 4.68 Å². The predicted octanol–water partition coefficient (Wildman–Crippen LogP) is 1.26. The van der Waals surface area contributed by atoms with Crippen LogP contribution in [0.3, 0.4) is 0 Å². The minimum Gasteiger partial charge on any atom is -0.365 e. The summed E-state index contributed by atoms with van der Waals surface area (Å²) in [4.78, 5) is 12.3. The molecule has 1 atom stereocenters. The summed E-state index contributed by atoms with van der Waals surface area (Å²) in [5.41, 5.74) is 1.83. The number of H-pyrrole nitrogens is 1. The third-order valence-electron chi connectivity index (χ3n) is 4.22. The van der Waals surface area contributed by atoms with Gasteiger partial charge in [-0.2, -0.15) is 5.10 Å². The molecule has 0 bridgehead atoms. The lowest BCUT2D eigenvalue weighted by atomic mass is 10.1. The van der Waals surface area contributed by atoms with E-state index in [0.717, 1.165) is 10.9 Å². The van der Waals surface area contributed by atoms with Gasteiger partial charge in [0.05, 0.1) is 30.4 Å². The molecular weight excluding hydrogens is 308 g/mol. The molecule has 0 radical (unpaired) electrons. The zero-order valence-corrected chi connectivity index (χ0v) is 13.5. The summed E-state index contributed by atoms with van der Waals surface area (Å²) in [5, 5.41) is 18.7. The number of nitrogens with one attached hydrogen (secondary N) is 2. The highest BCUT2D eigenvalue weighted by molar-refractivity contribution is 6.04. The quantitative estimate of drug-likeness (QED) is 0.687. The molecule has 1 amide bonds. The van der Waals surface area contributed by atoms with E-state index in [0.29, 0.717) is 24.5 Å². The van der Waals surface area contributed by atoms with E-state index in [9.17, 15) is 4.79 Å². The van der Waals surface area contributed by atoms with E-state index in [-0.39, 0.29) is 17.6 Å². The molecular formula is C16H18N6O2. The van der Waals surface area contributed by atoms with E-state index >= 15 is 0 Å². The van der Waals surface area contributed by atoms with Gasteiger partial charge in [0, 0.05) is 5.39 Å². The van der Waals surface area contributed by atoms with Crippen molar-refractivity contribution in [1.82, 2.24) is 30.5 Å². The van der Waals surface area contributed by atoms with Gasteiger partial charge in [-0.3, -0.25) is 9.89 Å². The molecule has 8 heteroatoms. The Morgan fingerprint density at radius 2 is 2.21 bits per heavy atom. The van der Waals surface area contributed by atoms with Crippen molar-refractivity contribution in [3.8, 4) is 0 Å². The molecule has 2 aromatic heterocycles. The van der Waals surface area contributed by atoms with Crippen molar-refractivity contribution in [2.75, 3.05) is 0 Å². The molecule has 0 spiro atoms. The SMILES string of the molecule is CC1(C)OC1Cn1cc(CNC(=O)c2n[nH]c3ccccc23)nn1. The van der Waals surface area contributed by atoms with Crippen molar-refractivity contribution in [3.05, 3.63) is 41.9 Å². The van der Waals surface area contributed by atoms with Crippen molar-refractivity contribution < 1.29 is 9.53 Å². The number of aromatic amines is 1. The molecule has 0 aliphatic carbocycles. The number of aromatic nitrogens is 5. The Labute approximate surface area is 138 Å². The third kappa shape index (κ3) is 2.76. The second kappa shape index (κ2) is 5.41. The minimum atomic E-state index is -0.242. The zero-order chi connectivity index (χ0) is 16.7. The molecule has 0 saturated carbocycles. The van der Waals surface area contributed by atoms with Gasteiger partial charge < -0.3 is 10.1 Å². The first kappa shape index (κ1) is 14.8. The number of amides is 1. The molecule has 1 fully saturated rings. The zero-order valence-electron chi connectivity index (χ0n) is 13.5. The molecule has 8 nitrogen and oxygen atoms in total. The Kier molecular flexibility index (Phi) is 3.34. The molecule has 124 valence electrons. The Bertz CT molecular complexity index is 897. The van der Waals surface area contributed by atoms with Crippen LogP contribution in [0.25, 0.3) is 10.9 Å². The van der Waals surface area contributed by atoms with Gasteiger partial charge in [0.2, 0.25) is 0 Å². The summed E-state index contributed by atoms with van der Waals surface area (Å²) in [6, 6.07) is 7.51. The minimum absolute atomic E-state index is 0.0820.